The van der Waals surface area contributed by atoms with E-state index in [0.717, 1.165) is 29.8 Å². The third kappa shape index (κ3) is 2.98. The fraction of sp³-hybridized carbons (Fsp3) is 0.429. The zero-order valence-electron chi connectivity index (χ0n) is 11.5. The third-order valence-corrected chi connectivity index (χ3v) is 3.05. The summed E-state index contributed by atoms with van der Waals surface area (Å²) in [5.74, 6) is -0.317. The first-order valence-corrected chi connectivity index (χ1v) is 6.52. The molecule has 0 aromatic carbocycles. The number of rotatable bonds is 5. The van der Waals surface area contributed by atoms with Crippen molar-refractivity contribution in [2.75, 3.05) is 6.54 Å². The van der Waals surface area contributed by atoms with Crippen molar-refractivity contribution in [1.82, 2.24) is 20.1 Å². The van der Waals surface area contributed by atoms with Crippen LogP contribution in [0.5, 0.6) is 0 Å². The Bertz CT molecular complexity index is 550. The van der Waals surface area contributed by atoms with Crippen molar-refractivity contribution in [2.45, 2.75) is 26.3 Å². The van der Waals surface area contributed by atoms with Gasteiger partial charge in [0.1, 0.15) is 5.82 Å². The smallest absolute Gasteiger partial charge is 0.141 e. The van der Waals surface area contributed by atoms with Crippen LogP contribution in [0.4, 0.5) is 4.39 Å². The molecule has 5 heteroatoms. The molecule has 0 saturated carbocycles. The summed E-state index contributed by atoms with van der Waals surface area (Å²) in [6.07, 6.45) is 5.75. The molecule has 2 aromatic rings. The molecule has 2 rings (SSSR count). The van der Waals surface area contributed by atoms with Crippen LogP contribution in [0, 0.1) is 5.82 Å². The second-order valence-electron chi connectivity index (χ2n) is 4.49. The highest BCUT2D eigenvalue weighted by Gasteiger charge is 2.19. The number of hydrogen-bond acceptors (Lipinski definition) is 3. The Labute approximate surface area is 112 Å². The number of pyridine rings is 1. The number of aromatic nitrogens is 3. The Hall–Kier alpha value is -1.75. The molecule has 102 valence electrons. The Balaban J connectivity index is 2.44. The fourth-order valence-electron chi connectivity index (χ4n) is 2.27. The minimum absolute atomic E-state index is 0.0724. The number of hydrogen-bond donors (Lipinski definition) is 1. The molecule has 0 radical (unpaired) electrons. The predicted molar refractivity (Wildman–Crippen MR) is 72.3 cm³/mol. The van der Waals surface area contributed by atoms with E-state index in [2.05, 4.69) is 22.3 Å². The molecule has 0 fully saturated rings. The van der Waals surface area contributed by atoms with Crippen LogP contribution in [0.15, 0.2) is 24.7 Å². The summed E-state index contributed by atoms with van der Waals surface area (Å²) < 4.78 is 15.2. The van der Waals surface area contributed by atoms with Crippen LogP contribution in [0.1, 0.15) is 36.7 Å². The van der Waals surface area contributed by atoms with Gasteiger partial charge in [-0.2, -0.15) is 5.10 Å². The molecule has 4 nitrogen and oxygen atoms in total. The van der Waals surface area contributed by atoms with Gasteiger partial charge in [0.2, 0.25) is 0 Å². The third-order valence-electron chi connectivity index (χ3n) is 3.05. The first kappa shape index (κ1) is 13.7. The second kappa shape index (κ2) is 5.93. The lowest BCUT2D eigenvalue weighted by molar-refractivity contribution is 0.594. The van der Waals surface area contributed by atoms with Crippen molar-refractivity contribution in [3.63, 3.8) is 0 Å². The number of nitrogens with zero attached hydrogens (tertiary/aromatic N) is 3. The Kier molecular flexibility index (Phi) is 4.27. The Morgan fingerprint density at radius 3 is 2.79 bits per heavy atom. The van der Waals surface area contributed by atoms with E-state index in [1.807, 2.05) is 20.2 Å². The monoisotopic (exact) mass is 262 g/mol. The number of aryl methyl sites for hydroxylation is 2. The van der Waals surface area contributed by atoms with Gasteiger partial charge in [-0.1, -0.05) is 13.8 Å². The van der Waals surface area contributed by atoms with Gasteiger partial charge in [-0.05, 0) is 24.6 Å². The van der Waals surface area contributed by atoms with Crippen LogP contribution in [-0.4, -0.2) is 21.3 Å². The van der Waals surface area contributed by atoms with E-state index in [0.29, 0.717) is 0 Å². The van der Waals surface area contributed by atoms with Gasteiger partial charge in [0, 0.05) is 25.0 Å². The molecule has 1 N–H and O–H groups in total. The molecule has 2 heterocycles. The minimum Gasteiger partial charge on any atom is -0.306 e. The van der Waals surface area contributed by atoms with Crippen LogP contribution < -0.4 is 5.32 Å². The SMILES string of the molecule is CCNC(c1cncc(F)c1)c1cn(C)nc1CC. The van der Waals surface area contributed by atoms with Crippen LogP contribution in [0.25, 0.3) is 0 Å². The maximum atomic E-state index is 13.4. The molecular weight excluding hydrogens is 243 g/mol. The Morgan fingerprint density at radius 1 is 1.37 bits per heavy atom. The van der Waals surface area contributed by atoms with Crippen molar-refractivity contribution < 1.29 is 4.39 Å². The molecular formula is C14H19FN4. The second-order valence-corrected chi connectivity index (χ2v) is 4.49. The quantitative estimate of drug-likeness (QED) is 0.898. The molecule has 19 heavy (non-hydrogen) atoms. The van der Waals surface area contributed by atoms with Crippen LogP contribution in [0.3, 0.4) is 0 Å². The van der Waals surface area contributed by atoms with Crippen molar-refractivity contribution in [2.24, 2.45) is 7.05 Å². The summed E-state index contributed by atoms with van der Waals surface area (Å²) in [6, 6.07) is 1.45. The van der Waals surface area contributed by atoms with Gasteiger partial charge < -0.3 is 5.32 Å². The maximum Gasteiger partial charge on any atom is 0.141 e. The average molecular weight is 262 g/mol. The van der Waals surface area contributed by atoms with Crippen molar-refractivity contribution in [1.29, 1.82) is 0 Å². The van der Waals surface area contributed by atoms with Gasteiger partial charge in [0.25, 0.3) is 0 Å². The normalized spacial score (nSPS) is 12.6. The number of halogens is 1. The summed E-state index contributed by atoms with van der Waals surface area (Å²) in [6.45, 7) is 4.89. The van der Waals surface area contributed by atoms with E-state index < -0.39 is 0 Å². The standard InChI is InChI=1S/C14H19FN4/c1-4-13-12(9-19(3)18-13)14(17-5-2)10-6-11(15)8-16-7-10/h6-9,14,17H,4-5H2,1-3H3. The zero-order valence-corrected chi connectivity index (χ0v) is 11.5. The summed E-state index contributed by atoms with van der Waals surface area (Å²) in [4.78, 5) is 3.93. The van der Waals surface area contributed by atoms with Crippen molar-refractivity contribution in [3.05, 3.63) is 47.3 Å². The van der Waals surface area contributed by atoms with Gasteiger partial charge in [-0.25, -0.2) is 4.39 Å². The first-order valence-electron chi connectivity index (χ1n) is 6.52. The summed E-state index contributed by atoms with van der Waals surface area (Å²) in [5, 5.41) is 7.81. The van der Waals surface area contributed by atoms with Crippen molar-refractivity contribution in [3.8, 4) is 0 Å². The van der Waals surface area contributed by atoms with Gasteiger partial charge in [0.05, 0.1) is 17.9 Å². The van der Waals surface area contributed by atoms with Crippen LogP contribution in [0.2, 0.25) is 0 Å². The topological polar surface area (TPSA) is 42.7 Å². The van der Waals surface area contributed by atoms with E-state index in [-0.39, 0.29) is 11.9 Å². The minimum atomic E-state index is -0.317. The van der Waals surface area contributed by atoms with Gasteiger partial charge in [0.15, 0.2) is 0 Å². The van der Waals surface area contributed by atoms with E-state index in [1.54, 1.807) is 10.9 Å². The van der Waals surface area contributed by atoms with Gasteiger partial charge >= 0.3 is 0 Å². The molecule has 0 amide bonds. The molecule has 0 spiro atoms. The van der Waals surface area contributed by atoms with Crippen LogP contribution >= 0.6 is 0 Å². The number of nitrogens with one attached hydrogen (secondary N) is 1. The van der Waals surface area contributed by atoms with E-state index in [1.165, 1.54) is 12.3 Å². The average Bonchev–Trinajstić information content (AvgIpc) is 2.77. The van der Waals surface area contributed by atoms with E-state index >= 15 is 0 Å². The van der Waals surface area contributed by atoms with Crippen molar-refractivity contribution >= 4 is 0 Å². The first-order chi connectivity index (χ1) is 9.15. The maximum absolute atomic E-state index is 13.4. The summed E-state index contributed by atoms with van der Waals surface area (Å²) in [7, 11) is 1.90. The lowest BCUT2D eigenvalue weighted by atomic mass is 9.99. The molecule has 0 aliphatic heterocycles. The lowest BCUT2D eigenvalue weighted by Gasteiger charge is -2.18. The lowest BCUT2D eigenvalue weighted by Crippen LogP contribution is -2.23. The molecule has 0 saturated heterocycles. The molecule has 0 aliphatic carbocycles. The highest BCUT2D eigenvalue weighted by atomic mass is 19.1. The predicted octanol–water partition coefficient (Wildman–Crippen LogP) is 2.22. The molecule has 2 aromatic heterocycles. The fourth-order valence-corrected chi connectivity index (χ4v) is 2.27. The summed E-state index contributed by atoms with van der Waals surface area (Å²) >= 11 is 0. The van der Waals surface area contributed by atoms with E-state index in [4.69, 9.17) is 0 Å². The van der Waals surface area contributed by atoms with Gasteiger partial charge in [-0.3, -0.25) is 9.67 Å². The molecule has 0 bridgehead atoms. The largest absolute Gasteiger partial charge is 0.306 e. The highest BCUT2D eigenvalue weighted by Crippen LogP contribution is 2.24. The molecule has 1 unspecified atom stereocenters. The van der Waals surface area contributed by atoms with E-state index in [9.17, 15) is 4.39 Å². The zero-order chi connectivity index (χ0) is 13.8. The molecule has 0 aliphatic rings. The summed E-state index contributed by atoms with van der Waals surface area (Å²) in [5.41, 5.74) is 2.93. The highest BCUT2D eigenvalue weighted by molar-refractivity contribution is 5.32. The van der Waals surface area contributed by atoms with Gasteiger partial charge in [-0.15, -0.1) is 0 Å². The molecule has 1 atom stereocenters. The van der Waals surface area contributed by atoms with Crippen LogP contribution in [-0.2, 0) is 13.5 Å². The Morgan fingerprint density at radius 2 is 2.16 bits per heavy atom.